The highest BCUT2D eigenvalue weighted by molar-refractivity contribution is 5.26. The maximum absolute atomic E-state index is 12.4. The van der Waals surface area contributed by atoms with Gasteiger partial charge >= 0.3 is 0 Å². The first kappa shape index (κ1) is 15.2. The van der Waals surface area contributed by atoms with E-state index in [0.717, 1.165) is 11.3 Å². The molecule has 0 heterocycles. The fourth-order valence-electron chi connectivity index (χ4n) is 1.43. The van der Waals surface area contributed by atoms with Crippen LogP contribution in [0.1, 0.15) is 24.2 Å². The number of halogens is 2. The van der Waals surface area contributed by atoms with E-state index < -0.39 is 12.8 Å². The predicted molar refractivity (Wildman–Crippen MR) is 73.8 cm³/mol. The van der Waals surface area contributed by atoms with E-state index in [1.807, 2.05) is 18.2 Å². The lowest BCUT2D eigenvalue weighted by molar-refractivity contribution is 0.374. The molecule has 2 aromatic carbocycles. The summed E-state index contributed by atoms with van der Waals surface area (Å²) >= 11 is 0. The average molecular weight is 264 g/mol. The predicted octanol–water partition coefficient (Wildman–Crippen LogP) is 4.88. The zero-order valence-corrected chi connectivity index (χ0v) is 11.1. The molecule has 1 unspecified atom stereocenters. The molecule has 0 N–H and O–H groups in total. The number of methoxy groups -OCH3 is 1. The van der Waals surface area contributed by atoms with Crippen molar-refractivity contribution in [2.45, 2.75) is 19.8 Å². The maximum atomic E-state index is 12.4. The van der Waals surface area contributed by atoms with Crippen molar-refractivity contribution in [3.05, 3.63) is 65.7 Å². The molecule has 0 radical (unpaired) electrons. The van der Waals surface area contributed by atoms with E-state index in [-0.39, 0.29) is 0 Å². The highest BCUT2D eigenvalue weighted by Gasteiger charge is 1.97. The zero-order valence-electron chi connectivity index (χ0n) is 11.1. The Hall–Kier alpha value is -1.90. The third-order valence-electron chi connectivity index (χ3n) is 2.57. The minimum Gasteiger partial charge on any atom is -0.497 e. The Morgan fingerprint density at radius 1 is 1.00 bits per heavy atom. The van der Waals surface area contributed by atoms with Crippen molar-refractivity contribution >= 4 is 0 Å². The van der Waals surface area contributed by atoms with Crippen LogP contribution in [-0.2, 0) is 6.67 Å². The molecule has 1 nitrogen and oxygen atoms in total. The smallest absolute Gasteiger partial charge is 0.122 e. The summed E-state index contributed by atoms with van der Waals surface area (Å²) in [5, 5.41) is 0. The maximum Gasteiger partial charge on any atom is 0.122 e. The Balaban J connectivity index is 0.000000191. The lowest BCUT2D eigenvalue weighted by atomic mass is 10.1. The molecule has 0 saturated heterocycles. The van der Waals surface area contributed by atoms with Crippen LogP contribution in [-0.4, -0.2) is 7.11 Å². The third kappa shape index (κ3) is 5.51. The van der Waals surface area contributed by atoms with Crippen molar-refractivity contribution in [2.75, 3.05) is 7.11 Å². The second kappa shape index (κ2) is 8.25. The molecule has 0 aliphatic heterocycles. The Morgan fingerprint density at radius 2 is 1.58 bits per heavy atom. The SMILES string of the molecule is CC(F)c1ccccc1.COc1ccc(CF)cc1. The van der Waals surface area contributed by atoms with Gasteiger partial charge in [0.25, 0.3) is 0 Å². The van der Waals surface area contributed by atoms with Gasteiger partial charge in [-0.2, -0.15) is 0 Å². The van der Waals surface area contributed by atoms with Gasteiger partial charge in [0.15, 0.2) is 0 Å². The quantitative estimate of drug-likeness (QED) is 0.767. The van der Waals surface area contributed by atoms with Crippen LogP contribution in [0.4, 0.5) is 8.78 Å². The van der Waals surface area contributed by atoms with Crippen LogP contribution in [0.5, 0.6) is 5.75 Å². The Kier molecular flexibility index (Phi) is 6.58. The molecule has 0 saturated carbocycles. The van der Waals surface area contributed by atoms with Gasteiger partial charge in [-0.3, -0.25) is 0 Å². The molecule has 0 spiro atoms. The van der Waals surface area contributed by atoms with E-state index in [1.54, 1.807) is 43.5 Å². The lowest BCUT2D eigenvalue weighted by Gasteiger charge is -1.98. The van der Waals surface area contributed by atoms with Gasteiger partial charge < -0.3 is 4.74 Å². The first-order chi connectivity index (χ1) is 9.17. The third-order valence-corrected chi connectivity index (χ3v) is 2.57. The Bertz CT molecular complexity index is 429. The van der Waals surface area contributed by atoms with E-state index in [4.69, 9.17) is 4.74 Å². The van der Waals surface area contributed by atoms with Crippen LogP contribution in [0.2, 0.25) is 0 Å². The Morgan fingerprint density at radius 3 is 1.95 bits per heavy atom. The van der Waals surface area contributed by atoms with Gasteiger partial charge in [0.2, 0.25) is 0 Å². The average Bonchev–Trinajstić information content (AvgIpc) is 2.49. The van der Waals surface area contributed by atoms with Crippen LogP contribution >= 0.6 is 0 Å². The molecule has 0 aliphatic carbocycles. The summed E-state index contributed by atoms with van der Waals surface area (Å²) in [6.45, 7) is 1.12. The topological polar surface area (TPSA) is 9.23 Å². The molecule has 0 bridgehead atoms. The van der Waals surface area contributed by atoms with Gasteiger partial charge in [-0.15, -0.1) is 0 Å². The van der Waals surface area contributed by atoms with Crippen molar-refractivity contribution in [1.29, 1.82) is 0 Å². The van der Waals surface area contributed by atoms with Crippen LogP contribution < -0.4 is 4.74 Å². The minimum absolute atomic E-state index is 0.413. The Labute approximate surface area is 112 Å². The van der Waals surface area contributed by atoms with Gasteiger partial charge in [0.05, 0.1) is 7.11 Å². The molecule has 3 heteroatoms. The summed E-state index contributed by atoms with van der Waals surface area (Å²) in [5.74, 6) is 0.761. The molecular weight excluding hydrogens is 246 g/mol. The number of benzene rings is 2. The molecule has 19 heavy (non-hydrogen) atoms. The number of alkyl halides is 2. The molecule has 0 fully saturated rings. The lowest BCUT2D eigenvalue weighted by Crippen LogP contribution is -1.82. The number of ether oxygens (including phenoxy) is 1. The van der Waals surface area contributed by atoms with Gasteiger partial charge in [0.1, 0.15) is 18.6 Å². The standard InChI is InChI=1S/C8H9FO.C8H9F/c1-10-8-4-2-7(6-9)3-5-8;1-7(9)8-5-3-2-4-6-8/h2-5H,6H2,1H3;2-7H,1H3. The monoisotopic (exact) mass is 264 g/mol. The molecule has 102 valence electrons. The summed E-state index contributed by atoms with van der Waals surface area (Å²) in [5.41, 5.74) is 1.43. The summed E-state index contributed by atoms with van der Waals surface area (Å²) in [7, 11) is 1.59. The van der Waals surface area contributed by atoms with E-state index in [2.05, 4.69) is 0 Å². The fraction of sp³-hybridized carbons (Fsp3) is 0.250. The molecule has 0 aromatic heterocycles. The van der Waals surface area contributed by atoms with Gasteiger partial charge in [-0.1, -0.05) is 42.5 Å². The van der Waals surface area contributed by atoms with E-state index in [0.29, 0.717) is 5.56 Å². The van der Waals surface area contributed by atoms with Crippen LogP contribution in [0.3, 0.4) is 0 Å². The van der Waals surface area contributed by atoms with E-state index in [1.165, 1.54) is 6.92 Å². The van der Waals surface area contributed by atoms with Gasteiger partial charge in [0, 0.05) is 0 Å². The van der Waals surface area contributed by atoms with Crippen LogP contribution in [0.25, 0.3) is 0 Å². The second-order valence-electron chi connectivity index (χ2n) is 4.01. The number of hydrogen-bond donors (Lipinski definition) is 0. The van der Waals surface area contributed by atoms with Crippen LogP contribution in [0.15, 0.2) is 54.6 Å². The van der Waals surface area contributed by atoms with Crippen molar-refractivity contribution in [3.63, 3.8) is 0 Å². The normalized spacial score (nSPS) is 11.2. The molecule has 2 rings (SSSR count). The van der Waals surface area contributed by atoms with E-state index in [9.17, 15) is 8.78 Å². The van der Waals surface area contributed by atoms with Crippen molar-refractivity contribution in [2.24, 2.45) is 0 Å². The van der Waals surface area contributed by atoms with Crippen molar-refractivity contribution < 1.29 is 13.5 Å². The molecular formula is C16H18F2O. The first-order valence-corrected chi connectivity index (χ1v) is 6.05. The molecule has 2 aromatic rings. The van der Waals surface area contributed by atoms with E-state index >= 15 is 0 Å². The van der Waals surface area contributed by atoms with Crippen molar-refractivity contribution in [3.8, 4) is 5.75 Å². The minimum atomic E-state index is -0.841. The molecule has 0 aliphatic rings. The highest BCUT2D eigenvalue weighted by Crippen LogP contribution is 2.14. The number of hydrogen-bond acceptors (Lipinski definition) is 1. The summed E-state index contributed by atoms with van der Waals surface area (Å²) in [6, 6.07) is 16.0. The molecule has 1 atom stereocenters. The summed E-state index contributed by atoms with van der Waals surface area (Å²) in [4.78, 5) is 0. The second-order valence-corrected chi connectivity index (χ2v) is 4.01. The highest BCUT2D eigenvalue weighted by atomic mass is 19.1. The largest absolute Gasteiger partial charge is 0.497 e. The fourth-order valence-corrected chi connectivity index (χ4v) is 1.43. The molecule has 0 amide bonds. The summed E-state index contributed by atoms with van der Waals surface area (Å²) < 4.78 is 29.2. The van der Waals surface area contributed by atoms with Gasteiger partial charge in [-0.05, 0) is 30.2 Å². The van der Waals surface area contributed by atoms with Crippen LogP contribution in [0, 0.1) is 0 Å². The number of rotatable bonds is 3. The van der Waals surface area contributed by atoms with Gasteiger partial charge in [-0.25, -0.2) is 8.78 Å². The zero-order chi connectivity index (χ0) is 14.1. The first-order valence-electron chi connectivity index (χ1n) is 6.05. The van der Waals surface area contributed by atoms with Crippen molar-refractivity contribution in [1.82, 2.24) is 0 Å². The summed E-state index contributed by atoms with van der Waals surface area (Å²) in [6.07, 6.45) is -0.841.